The van der Waals surface area contributed by atoms with Crippen LogP contribution in [0.25, 0.3) is 5.84 Å². The molecule has 0 saturated heterocycles. The molecule has 2 aromatic heterocycles. The fourth-order valence-corrected chi connectivity index (χ4v) is 1.97. The first-order chi connectivity index (χ1) is 9.29. The fourth-order valence-electron chi connectivity index (χ4n) is 1.97. The SMILES string of the molecule is CNC(=O)c1oc2ncnn2c1Cc1ccccc1. The number of amides is 1. The summed E-state index contributed by atoms with van der Waals surface area (Å²) in [6, 6.07) is 9.83. The number of carbonyl (C=O) groups excluding carboxylic acids is 1. The van der Waals surface area contributed by atoms with Gasteiger partial charge >= 0.3 is 5.84 Å². The highest BCUT2D eigenvalue weighted by atomic mass is 16.4. The summed E-state index contributed by atoms with van der Waals surface area (Å²) in [5.74, 6) is 0.296. The van der Waals surface area contributed by atoms with Crippen molar-refractivity contribution in [3.63, 3.8) is 0 Å². The Labute approximate surface area is 109 Å². The van der Waals surface area contributed by atoms with Crippen LogP contribution in [0.3, 0.4) is 0 Å². The molecule has 1 amide bonds. The van der Waals surface area contributed by atoms with Gasteiger partial charge in [-0.15, -0.1) is 0 Å². The van der Waals surface area contributed by atoms with Crippen LogP contribution in [-0.2, 0) is 6.42 Å². The molecule has 0 saturated carbocycles. The zero-order chi connectivity index (χ0) is 13.2. The molecule has 1 aromatic carbocycles. The van der Waals surface area contributed by atoms with E-state index in [0.717, 1.165) is 5.56 Å². The first-order valence-corrected chi connectivity index (χ1v) is 5.87. The van der Waals surface area contributed by atoms with Gasteiger partial charge in [-0.25, -0.2) is 0 Å². The van der Waals surface area contributed by atoms with Gasteiger partial charge in [-0.3, -0.25) is 4.79 Å². The van der Waals surface area contributed by atoms with E-state index in [-0.39, 0.29) is 11.7 Å². The molecule has 6 nitrogen and oxygen atoms in total. The van der Waals surface area contributed by atoms with Crippen LogP contribution in [0.15, 0.2) is 41.1 Å². The molecule has 1 N–H and O–H groups in total. The van der Waals surface area contributed by atoms with E-state index in [1.165, 1.54) is 6.33 Å². The van der Waals surface area contributed by atoms with Gasteiger partial charge in [-0.1, -0.05) is 30.3 Å². The minimum absolute atomic E-state index is 0.252. The molecule has 0 spiro atoms. The van der Waals surface area contributed by atoms with Crippen molar-refractivity contribution in [3.05, 3.63) is 53.7 Å². The maximum atomic E-state index is 11.8. The largest absolute Gasteiger partial charge is 0.416 e. The zero-order valence-corrected chi connectivity index (χ0v) is 10.3. The molecule has 0 atom stereocenters. The Morgan fingerprint density at radius 3 is 2.89 bits per heavy atom. The highest BCUT2D eigenvalue weighted by molar-refractivity contribution is 5.92. The summed E-state index contributed by atoms with van der Waals surface area (Å²) in [6.45, 7) is 0. The second-order valence-electron chi connectivity index (χ2n) is 4.07. The Morgan fingerprint density at radius 1 is 1.37 bits per heavy atom. The number of nitrogens with one attached hydrogen (secondary N) is 1. The van der Waals surface area contributed by atoms with Gasteiger partial charge in [0.25, 0.3) is 5.91 Å². The van der Waals surface area contributed by atoms with Crippen molar-refractivity contribution in [1.29, 1.82) is 0 Å². The number of benzene rings is 1. The van der Waals surface area contributed by atoms with Gasteiger partial charge in [0.05, 0.1) is 0 Å². The van der Waals surface area contributed by atoms with Crippen molar-refractivity contribution >= 4 is 11.8 Å². The maximum Gasteiger partial charge on any atom is 0.325 e. The van der Waals surface area contributed by atoms with Gasteiger partial charge in [0.15, 0.2) is 0 Å². The minimum atomic E-state index is -0.279. The Kier molecular flexibility index (Phi) is 2.75. The van der Waals surface area contributed by atoms with Gasteiger partial charge in [0.2, 0.25) is 5.76 Å². The van der Waals surface area contributed by atoms with Crippen LogP contribution < -0.4 is 5.32 Å². The van der Waals surface area contributed by atoms with E-state index in [1.807, 2.05) is 30.3 Å². The number of carbonyl (C=O) groups is 1. The summed E-state index contributed by atoms with van der Waals surface area (Å²) in [5.41, 5.74) is 1.77. The summed E-state index contributed by atoms with van der Waals surface area (Å²) >= 11 is 0. The Morgan fingerprint density at radius 2 is 2.16 bits per heavy atom. The number of aromatic nitrogens is 3. The average Bonchev–Trinajstić information content (AvgIpc) is 3.02. The zero-order valence-electron chi connectivity index (χ0n) is 10.3. The smallest absolute Gasteiger partial charge is 0.325 e. The summed E-state index contributed by atoms with van der Waals surface area (Å²) in [6.07, 6.45) is 1.96. The number of hydrogen-bond donors (Lipinski definition) is 1. The molecule has 0 aliphatic carbocycles. The van der Waals surface area contributed by atoms with Crippen LogP contribution in [0.5, 0.6) is 0 Å². The lowest BCUT2D eigenvalue weighted by molar-refractivity contribution is 0.0936. The van der Waals surface area contributed by atoms with Crippen LogP contribution in [0, 0.1) is 0 Å². The molecule has 6 heteroatoms. The van der Waals surface area contributed by atoms with Crippen molar-refractivity contribution in [3.8, 4) is 0 Å². The summed E-state index contributed by atoms with van der Waals surface area (Å²) in [4.78, 5) is 15.8. The Hall–Kier alpha value is -2.63. The molecule has 0 aliphatic rings. The minimum Gasteiger partial charge on any atom is -0.416 e. The third-order valence-electron chi connectivity index (χ3n) is 2.88. The van der Waals surface area contributed by atoms with E-state index in [0.29, 0.717) is 18.0 Å². The van der Waals surface area contributed by atoms with Crippen molar-refractivity contribution in [2.75, 3.05) is 7.05 Å². The molecule has 19 heavy (non-hydrogen) atoms. The standard InChI is InChI=1S/C13H12N4O2/c1-14-12(18)11-10(7-9-5-3-2-4-6-9)17-13(19-11)15-8-16-17/h2-6,8H,7H2,1H3,(H,14,18). The summed E-state index contributed by atoms with van der Waals surface area (Å²) < 4.78 is 6.99. The normalized spacial score (nSPS) is 10.8. The second-order valence-corrected chi connectivity index (χ2v) is 4.07. The number of nitrogens with zero attached hydrogens (tertiary/aromatic N) is 3. The van der Waals surface area contributed by atoms with E-state index in [1.54, 1.807) is 11.6 Å². The summed E-state index contributed by atoms with van der Waals surface area (Å²) in [7, 11) is 1.56. The molecule has 0 radical (unpaired) electrons. The van der Waals surface area contributed by atoms with E-state index in [9.17, 15) is 4.79 Å². The lowest BCUT2D eigenvalue weighted by Crippen LogP contribution is -2.19. The van der Waals surface area contributed by atoms with Crippen molar-refractivity contribution in [2.24, 2.45) is 0 Å². The van der Waals surface area contributed by atoms with Crippen LogP contribution in [0.1, 0.15) is 21.8 Å². The van der Waals surface area contributed by atoms with Gasteiger partial charge in [0, 0.05) is 13.5 Å². The third kappa shape index (κ3) is 1.97. The topological polar surface area (TPSA) is 72.4 Å². The molecular formula is C13H12N4O2. The molecule has 3 aromatic rings. The lowest BCUT2D eigenvalue weighted by Gasteiger charge is -2.01. The van der Waals surface area contributed by atoms with Crippen LogP contribution >= 0.6 is 0 Å². The van der Waals surface area contributed by atoms with Gasteiger partial charge in [-0.2, -0.15) is 14.6 Å². The highest BCUT2D eigenvalue weighted by Crippen LogP contribution is 2.18. The molecule has 0 unspecified atom stereocenters. The van der Waals surface area contributed by atoms with Crippen LogP contribution in [-0.4, -0.2) is 27.6 Å². The fraction of sp³-hybridized carbons (Fsp3) is 0.154. The molecular weight excluding hydrogens is 244 g/mol. The number of hydrogen-bond acceptors (Lipinski definition) is 4. The highest BCUT2D eigenvalue weighted by Gasteiger charge is 2.21. The molecule has 0 bridgehead atoms. The van der Waals surface area contributed by atoms with Gasteiger partial charge in [0.1, 0.15) is 12.0 Å². The Bertz CT molecular complexity index is 715. The molecule has 0 fully saturated rings. The van der Waals surface area contributed by atoms with Crippen LogP contribution in [0.2, 0.25) is 0 Å². The van der Waals surface area contributed by atoms with Crippen molar-refractivity contribution < 1.29 is 9.21 Å². The lowest BCUT2D eigenvalue weighted by atomic mass is 10.1. The van der Waals surface area contributed by atoms with Crippen molar-refractivity contribution in [2.45, 2.75) is 6.42 Å². The number of oxazole rings is 1. The van der Waals surface area contributed by atoms with E-state index in [2.05, 4.69) is 15.4 Å². The Balaban J connectivity index is 2.09. The maximum absolute atomic E-state index is 11.8. The number of fused-ring (bicyclic) bond motifs is 1. The van der Waals surface area contributed by atoms with E-state index in [4.69, 9.17) is 4.42 Å². The van der Waals surface area contributed by atoms with Crippen LogP contribution in [0.4, 0.5) is 0 Å². The quantitative estimate of drug-likeness (QED) is 0.766. The van der Waals surface area contributed by atoms with E-state index >= 15 is 0 Å². The predicted octanol–water partition coefficient (Wildman–Crippen LogP) is 1.27. The first kappa shape index (κ1) is 11.5. The van der Waals surface area contributed by atoms with Crippen molar-refractivity contribution in [1.82, 2.24) is 19.9 Å². The summed E-state index contributed by atoms with van der Waals surface area (Å²) in [5, 5.41) is 6.64. The first-order valence-electron chi connectivity index (χ1n) is 5.87. The molecule has 3 rings (SSSR count). The molecule has 0 aliphatic heterocycles. The van der Waals surface area contributed by atoms with Gasteiger partial charge in [-0.05, 0) is 5.56 Å². The molecule has 96 valence electrons. The van der Waals surface area contributed by atoms with Gasteiger partial charge < -0.3 is 9.73 Å². The third-order valence-corrected chi connectivity index (χ3v) is 2.88. The average molecular weight is 256 g/mol. The number of rotatable bonds is 3. The monoisotopic (exact) mass is 256 g/mol. The molecule has 2 heterocycles. The van der Waals surface area contributed by atoms with E-state index < -0.39 is 0 Å². The predicted molar refractivity (Wildman–Crippen MR) is 67.9 cm³/mol. The second kappa shape index (κ2) is 4.56.